The van der Waals surface area contributed by atoms with Gasteiger partial charge in [-0.2, -0.15) is 0 Å². The Balaban J connectivity index is 2.15. The molecule has 1 aromatic heterocycles. The van der Waals surface area contributed by atoms with Crippen molar-refractivity contribution in [3.63, 3.8) is 0 Å². The van der Waals surface area contributed by atoms with Gasteiger partial charge in [0.1, 0.15) is 0 Å². The number of rotatable bonds is 4. The van der Waals surface area contributed by atoms with E-state index in [1.807, 2.05) is 29.5 Å². The normalized spacial score (nSPS) is 10.3. The number of hydrogen-bond donors (Lipinski definition) is 1. The van der Waals surface area contributed by atoms with Gasteiger partial charge < -0.3 is 5.32 Å². The molecule has 1 amide bonds. The van der Waals surface area contributed by atoms with Gasteiger partial charge in [-0.25, -0.2) is 4.98 Å². The molecule has 0 saturated heterocycles. The van der Waals surface area contributed by atoms with Crippen molar-refractivity contribution in [2.45, 2.75) is 13.5 Å². The number of nitro groups is 1. The molecular weight excluding hydrogens is 393 g/mol. The summed E-state index contributed by atoms with van der Waals surface area (Å²) in [7, 11) is 0. The topological polar surface area (TPSA) is 85.1 Å². The van der Waals surface area contributed by atoms with Crippen LogP contribution in [0.4, 0.5) is 5.69 Å². The zero-order chi connectivity index (χ0) is 14.7. The van der Waals surface area contributed by atoms with Gasteiger partial charge >= 0.3 is 0 Å². The third-order valence-corrected chi connectivity index (χ3v) is 4.54. The number of aryl methyl sites for hydroxylation is 1. The number of nitrogens with one attached hydrogen (secondary N) is 1. The predicted octanol–water partition coefficient (Wildman–Crippen LogP) is 2.89. The van der Waals surface area contributed by atoms with Crippen LogP contribution < -0.4 is 5.32 Å². The lowest BCUT2D eigenvalue weighted by atomic mass is 10.2. The molecule has 0 spiro atoms. The number of carbonyl (C=O) groups is 1. The zero-order valence-corrected chi connectivity index (χ0v) is 13.4. The molecule has 1 aromatic carbocycles. The van der Waals surface area contributed by atoms with Crippen molar-refractivity contribution < 1.29 is 9.72 Å². The van der Waals surface area contributed by atoms with Crippen molar-refractivity contribution >= 4 is 45.5 Å². The standard InChI is InChI=1S/C12H10IN3O3S/c1-7-11(20-6-15-7)5-14-12(17)9-4-8(16(18)19)2-3-10(9)13/h2-4,6H,5H2,1H3,(H,14,17). The zero-order valence-electron chi connectivity index (χ0n) is 10.4. The van der Waals surface area contributed by atoms with Crippen LogP contribution in [0.3, 0.4) is 0 Å². The fourth-order valence-electron chi connectivity index (χ4n) is 1.55. The molecule has 1 N–H and O–H groups in total. The van der Waals surface area contributed by atoms with Gasteiger partial charge in [0, 0.05) is 20.6 Å². The molecule has 0 radical (unpaired) electrons. The highest BCUT2D eigenvalue weighted by atomic mass is 127. The molecule has 0 fully saturated rings. The molecule has 2 aromatic rings. The van der Waals surface area contributed by atoms with Crippen LogP contribution in [0, 0.1) is 20.6 Å². The van der Waals surface area contributed by atoms with E-state index >= 15 is 0 Å². The fraction of sp³-hybridized carbons (Fsp3) is 0.167. The maximum Gasteiger partial charge on any atom is 0.270 e. The molecule has 104 valence electrons. The van der Waals surface area contributed by atoms with E-state index in [0.717, 1.165) is 10.6 Å². The summed E-state index contributed by atoms with van der Waals surface area (Å²) >= 11 is 3.45. The molecular formula is C12H10IN3O3S. The van der Waals surface area contributed by atoms with Crippen LogP contribution in [0.5, 0.6) is 0 Å². The van der Waals surface area contributed by atoms with Crippen LogP contribution in [0.25, 0.3) is 0 Å². The highest BCUT2D eigenvalue weighted by Crippen LogP contribution is 2.20. The maximum absolute atomic E-state index is 12.1. The number of benzene rings is 1. The minimum atomic E-state index is -0.514. The third-order valence-electron chi connectivity index (χ3n) is 2.66. The van der Waals surface area contributed by atoms with E-state index in [0.29, 0.717) is 15.7 Å². The highest BCUT2D eigenvalue weighted by molar-refractivity contribution is 14.1. The average molecular weight is 403 g/mol. The number of thiazole rings is 1. The second kappa shape index (κ2) is 6.27. The number of nitrogens with zero attached hydrogens (tertiary/aromatic N) is 2. The van der Waals surface area contributed by atoms with Gasteiger partial charge in [-0.3, -0.25) is 14.9 Å². The van der Waals surface area contributed by atoms with Crippen molar-refractivity contribution in [3.8, 4) is 0 Å². The Labute approximate surface area is 132 Å². The Bertz CT molecular complexity index is 672. The van der Waals surface area contributed by atoms with E-state index in [2.05, 4.69) is 10.3 Å². The lowest BCUT2D eigenvalue weighted by Crippen LogP contribution is -2.23. The molecule has 0 atom stereocenters. The summed E-state index contributed by atoms with van der Waals surface area (Å²) in [6.07, 6.45) is 0. The summed E-state index contributed by atoms with van der Waals surface area (Å²) < 4.78 is 0.673. The van der Waals surface area contributed by atoms with Crippen LogP contribution in [0.1, 0.15) is 20.9 Å². The van der Waals surface area contributed by atoms with Gasteiger partial charge in [0.2, 0.25) is 0 Å². The fourth-order valence-corrected chi connectivity index (χ4v) is 2.85. The number of non-ortho nitro benzene ring substituents is 1. The monoisotopic (exact) mass is 403 g/mol. The maximum atomic E-state index is 12.1. The van der Waals surface area contributed by atoms with Crippen molar-refractivity contribution in [2.24, 2.45) is 0 Å². The first-order valence-electron chi connectivity index (χ1n) is 5.60. The second-order valence-corrected chi connectivity index (χ2v) is 6.07. The SMILES string of the molecule is Cc1ncsc1CNC(=O)c1cc([N+](=O)[O-])ccc1I. The molecule has 8 heteroatoms. The molecule has 0 saturated carbocycles. The number of aromatic nitrogens is 1. The van der Waals surface area contributed by atoms with Gasteiger partial charge in [-0.15, -0.1) is 11.3 Å². The molecule has 2 rings (SSSR count). The molecule has 1 heterocycles. The minimum absolute atomic E-state index is 0.0930. The summed E-state index contributed by atoms with van der Waals surface area (Å²) in [4.78, 5) is 27.4. The highest BCUT2D eigenvalue weighted by Gasteiger charge is 2.15. The lowest BCUT2D eigenvalue weighted by Gasteiger charge is -2.06. The van der Waals surface area contributed by atoms with Gasteiger partial charge in [0.25, 0.3) is 11.6 Å². The first kappa shape index (κ1) is 14.9. The summed E-state index contributed by atoms with van der Waals surface area (Å²) in [5, 5.41) is 13.5. The number of hydrogen-bond acceptors (Lipinski definition) is 5. The smallest absolute Gasteiger partial charge is 0.270 e. The van der Waals surface area contributed by atoms with Crippen molar-refractivity contribution in [3.05, 3.63) is 53.5 Å². The van der Waals surface area contributed by atoms with Crippen LogP contribution in [0.15, 0.2) is 23.7 Å². The molecule has 0 bridgehead atoms. The van der Waals surface area contributed by atoms with E-state index in [4.69, 9.17) is 0 Å². The predicted molar refractivity (Wildman–Crippen MR) is 83.8 cm³/mol. The van der Waals surface area contributed by atoms with Crippen molar-refractivity contribution in [2.75, 3.05) is 0 Å². The summed E-state index contributed by atoms with van der Waals surface area (Å²) in [5.41, 5.74) is 2.81. The van der Waals surface area contributed by atoms with Crippen LogP contribution >= 0.6 is 33.9 Å². The van der Waals surface area contributed by atoms with E-state index in [-0.39, 0.29) is 11.6 Å². The van der Waals surface area contributed by atoms with E-state index in [1.54, 1.807) is 11.6 Å². The van der Waals surface area contributed by atoms with Gasteiger partial charge in [0.05, 0.1) is 28.2 Å². The quantitative estimate of drug-likeness (QED) is 0.483. The second-order valence-electron chi connectivity index (χ2n) is 3.96. The Kier molecular flexibility index (Phi) is 4.65. The number of amides is 1. The minimum Gasteiger partial charge on any atom is -0.347 e. The summed E-state index contributed by atoms with van der Waals surface area (Å²) in [6.45, 7) is 2.24. The van der Waals surface area contributed by atoms with Crippen molar-refractivity contribution in [1.29, 1.82) is 0 Å². The van der Waals surface area contributed by atoms with E-state index in [1.165, 1.54) is 23.5 Å². The summed E-state index contributed by atoms with van der Waals surface area (Å²) in [5.74, 6) is -0.328. The van der Waals surface area contributed by atoms with Crippen LogP contribution in [-0.4, -0.2) is 15.8 Å². The average Bonchev–Trinajstić information content (AvgIpc) is 2.81. The lowest BCUT2D eigenvalue weighted by molar-refractivity contribution is -0.384. The Hall–Kier alpha value is -1.55. The van der Waals surface area contributed by atoms with E-state index < -0.39 is 4.92 Å². The third kappa shape index (κ3) is 3.31. The molecule has 6 nitrogen and oxygen atoms in total. The van der Waals surface area contributed by atoms with Gasteiger partial charge in [-0.1, -0.05) is 0 Å². The van der Waals surface area contributed by atoms with Crippen LogP contribution in [0.2, 0.25) is 0 Å². The molecule has 0 unspecified atom stereocenters. The first-order valence-corrected chi connectivity index (χ1v) is 7.56. The molecule has 20 heavy (non-hydrogen) atoms. The van der Waals surface area contributed by atoms with Gasteiger partial charge in [0.15, 0.2) is 0 Å². The molecule has 0 aliphatic heterocycles. The molecule has 0 aliphatic carbocycles. The number of nitro benzene ring substituents is 1. The Morgan fingerprint density at radius 3 is 2.90 bits per heavy atom. The van der Waals surface area contributed by atoms with Crippen LogP contribution in [-0.2, 0) is 6.54 Å². The Morgan fingerprint density at radius 1 is 1.55 bits per heavy atom. The van der Waals surface area contributed by atoms with Gasteiger partial charge in [-0.05, 0) is 35.6 Å². The summed E-state index contributed by atoms with van der Waals surface area (Å²) in [6, 6.07) is 4.23. The largest absolute Gasteiger partial charge is 0.347 e. The molecule has 0 aliphatic rings. The van der Waals surface area contributed by atoms with E-state index in [9.17, 15) is 14.9 Å². The number of carbonyl (C=O) groups excluding carboxylic acids is 1. The number of halogens is 1. The van der Waals surface area contributed by atoms with Crippen molar-refractivity contribution in [1.82, 2.24) is 10.3 Å². The Morgan fingerprint density at radius 2 is 2.30 bits per heavy atom. The first-order chi connectivity index (χ1) is 9.49.